The molecule has 1 aliphatic carbocycles. The maximum Gasteiger partial charge on any atom is 0.162 e. The third kappa shape index (κ3) is 7.59. The van der Waals surface area contributed by atoms with Gasteiger partial charge < -0.3 is 0 Å². The predicted molar refractivity (Wildman–Crippen MR) is 306 cm³/mol. The minimum absolute atomic E-state index is 0.0851. The minimum atomic E-state index is -3.60. The standard InChI is InChI=1S/C69H64Si/c1-44-45(2)50(7)66(49(44)6)70(67-51(8)46(3)60(54-29-17-11-18-30-54)41-63(67)57-35-23-14-24-36-57,68-52(9)47(4)61(55-31-19-12-20-32-55)42-64(68)58-37-25-15-26-38-58)69-53(10)48(5)62(56-33-21-13-22-34-56)43-65(69)59-39-27-16-28-40-59/h11-43,66H,1-10H3. The molecular formula is C69H64Si. The SMILES string of the molecule is CC1=C(C)C([Si](c2c(-c3ccccc3)cc(-c3ccccc3)c(C)c2C)(c2c(-c3ccccc3)cc(-c3ccccc3)c(C)c2C)c2c(-c3ccccc3)cc(-c3ccccc3)c(C)c2C)C(C)=C1C. The summed E-state index contributed by atoms with van der Waals surface area (Å²) in [7, 11) is -3.60. The van der Waals surface area contributed by atoms with Crippen LogP contribution in [-0.2, 0) is 0 Å². The molecule has 0 nitrogen and oxygen atoms in total. The Kier molecular flexibility index (Phi) is 12.5. The summed E-state index contributed by atoms with van der Waals surface area (Å²) in [5.41, 5.74) is 29.3. The number of hydrogen-bond donors (Lipinski definition) is 0. The van der Waals surface area contributed by atoms with Gasteiger partial charge in [0.2, 0.25) is 0 Å². The highest BCUT2D eigenvalue weighted by Crippen LogP contribution is 2.51. The van der Waals surface area contributed by atoms with Gasteiger partial charge in [0.15, 0.2) is 8.07 Å². The van der Waals surface area contributed by atoms with Gasteiger partial charge in [-0.1, -0.05) is 193 Å². The summed E-state index contributed by atoms with van der Waals surface area (Å²) in [6, 6.07) is 75.1. The average Bonchev–Trinajstić information content (AvgIpc) is 3.60. The highest BCUT2D eigenvalue weighted by atomic mass is 28.3. The average molecular weight is 921 g/mol. The number of allylic oxidation sites excluding steroid dienone is 4. The molecule has 10 rings (SSSR count). The second-order valence-electron chi connectivity index (χ2n) is 19.8. The molecule has 0 heterocycles. The van der Waals surface area contributed by atoms with Gasteiger partial charge >= 0.3 is 0 Å². The van der Waals surface area contributed by atoms with Crippen LogP contribution in [0, 0.1) is 41.5 Å². The van der Waals surface area contributed by atoms with Gasteiger partial charge in [-0.25, -0.2) is 0 Å². The smallest absolute Gasteiger partial charge is 0.0647 e. The van der Waals surface area contributed by atoms with Crippen LogP contribution in [0.4, 0.5) is 0 Å². The predicted octanol–water partition coefficient (Wildman–Crippen LogP) is 17.1. The maximum atomic E-state index is 2.59. The molecule has 0 unspecified atom stereocenters. The lowest BCUT2D eigenvalue weighted by Crippen LogP contribution is -2.73. The zero-order valence-corrected chi connectivity index (χ0v) is 43.6. The van der Waals surface area contributed by atoms with Crippen molar-refractivity contribution in [3.63, 3.8) is 0 Å². The number of hydrogen-bond acceptors (Lipinski definition) is 0. The Bertz CT molecular complexity index is 3110. The molecule has 0 aromatic heterocycles. The lowest BCUT2D eigenvalue weighted by Gasteiger charge is -2.47. The summed E-state index contributed by atoms with van der Waals surface area (Å²) in [6.45, 7) is 24.4. The van der Waals surface area contributed by atoms with Crippen LogP contribution in [0.5, 0.6) is 0 Å². The highest BCUT2D eigenvalue weighted by Gasteiger charge is 2.56. The summed E-state index contributed by atoms with van der Waals surface area (Å²) >= 11 is 0. The van der Waals surface area contributed by atoms with E-state index in [-0.39, 0.29) is 5.54 Å². The largest absolute Gasteiger partial charge is 0.162 e. The van der Waals surface area contributed by atoms with Gasteiger partial charge in [0.05, 0.1) is 0 Å². The second kappa shape index (κ2) is 18.9. The van der Waals surface area contributed by atoms with Gasteiger partial charge in [0, 0.05) is 5.54 Å². The van der Waals surface area contributed by atoms with Crippen LogP contribution in [-0.4, -0.2) is 8.07 Å². The van der Waals surface area contributed by atoms with Crippen LogP contribution in [0.15, 0.2) is 222 Å². The Morgan fingerprint density at radius 3 is 0.657 bits per heavy atom. The van der Waals surface area contributed by atoms with Crippen LogP contribution >= 0.6 is 0 Å². The van der Waals surface area contributed by atoms with Crippen molar-refractivity contribution in [2.45, 2.75) is 74.8 Å². The fourth-order valence-electron chi connectivity index (χ4n) is 12.4. The fourth-order valence-corrected chi connectivity index (χ4v) is 20.0. The molecule has 1 heteroatoms. The van der Waals surface area contributed by atoms with Crippen molar-refractivity contribution in [2.24, 2.45) is 0 Å². The van der Waals surface area contributed by atoms with Crippen molar-refractivity contribution < 1.29 is 0 Å². The van der Waals surface area contributed by atoms with Gasteiger partial charge in [-0.2, -0.15) is 0 Å². The molecule has 9 aromatic carbocycles. The van der Waals surface area contributed by atoms with Crippen LogP contribution in [0.25, 0.3) is 66.8 Å². The second-order valence-corrected chi connectivity index (χ2v) is 23.5. The van der Waals surface area contributed by atoms with Gasteiger partial charge in [0.25, 0.3) is 0 Å². The first kappa shape index (κ1) is 46.4. The summed E-state index contributed by atoms with van der Waals surface area (Å²) in [5.74, 6) is 0. The molecule has 9 aromatic rings. The molecular weight excluding hydrogens is 857 g/mol. The van der Waals surface area contributed by atoms with Gasteiger partial charge in [-0.3, -0.25) is 0 Å². The van der Waals surface area contributed by atoms with Crippen LogP contribution in [0.1, 0.15) is 61.1 Å². The molecule has 0 N–H and O–H groups in total. The summed E-state index contributed by atoms with van der Waals surface area (Å²) < 4.78 is 0. The monoisotopic (exact) mass is 920 g/mol. The Balaban J connectivity index is 1.55. The van der Waals surface area contributed by atoms with Gasteiger partial charge in [-0.15, -0.1) is 0 Å². The van der Waals surface area contributed by atoms with Crippen molar-refractivity contribution in [3.05, 3.63) is 256 Å². The van der Waals surface area contributed by atoms with Gasteiger partial charge in [-0.05, 0) is 214 Å². The molecule has 0 saturated heterocycles. The first-order valence-corrected chi connectivity index (χ1v) is 27.1. The fraction of sp³-hybridized carbons (Fsp3) is 0.159. The first-order valence-electron chi connectivity index (χ1n) is 25.1. The van der Waals surface area contributed by atoms with Crippen molar-refractivity contribution in [1.29, 1.82) is 0 Å². The maximum absolute atomic E-state index is 3.60. The van der Waals surface area contributed by atoms with Crippen molar-refractivity contribution in [2.75, 3.05) is 0 Å². The third-order valence-electron chi connectivity index (χ3n) is 16.4. The van der Waals surface area contributed by atoms with E-state index in [0.29, 0.717) is 0 Å². The quantitative estimate of drug-likeness (QED) is 0.0947. The van der Waals surface area contributed by atoms with E-state index in [4.69, 9.17) is 0 Å². The highest BCUT2D eigenvalue weighted by molar-refractivity contribution is 7.15. The molecule has 70 heavy (non-hydrogen) atoms. The van der Waals surface area contributed by atoms with Crippen LogP contribution < -0.4 is 15.6 Å². The van der Waals surface area contributed by atoms with E-state index in [1.54, 1.807) is 0 Å². The molecule has 0 saturated carbocycles. The lowest BCUT2D eigenvalue weighted by molar-refractivity contribution is 1.08. The Labute approximate surface area is 418 Å². The first-order chi connectivity index (χ1) is 33.9. The molecule has 0 radical (unpaired) electrons. The molecule has 0 fully saturated rings. The summed E-state index contributed by atoms with van der Waals surface area (Å²) in [4.78, 5) is 0. The minimum Gasteiger partial charge on any atom is -0.0647 e. The number of rotatable bonds is 10. The Hall–Kier alpha value is -7.32. The van der Waals surface area contributed by atoms with Crippen molar-refractivity contribution in [1.82, 2.24) is 0 Å². The molecule has 0 spiro atoms. The van der Waals surface area contributed by atoms with Crippen LogP contribution in [0.3, 0.4) is 0 Å². The van der Waals surface area contributed by atoms with E-state index in [1.165, 1.54) is 138 Å². The zero-order chi connectivity index (χ0) is 48.8. The lowest BCUT2D eigenvalue weighted by atomic mass is 9.91. The van der Waals surface area contributed by atoms with Crippen molar-refractivity contribution >= 4 is 23.6 Å². The van der Waals surface area contributed by atoms with E-state index in [9.17, 15) is 0 Å². The van der Waals surface area contributed by atoms with Crippen LogP contribution in [0.2, 0.25) is 5.54 Å². The Morgan fingerprint density at radius 2 is 0.443 bits per heavy atom. The summed E-state index contributed by atoms with van der Waals surface area (Å²) in [5, 5.41) is 4.50. The van der Waals surface area contributed by atoms with E-state index in [0.717, 1.165) is 0 Å². The molecule has 0 aliphatic heterocycles. The zero-order valence-electron chi connectivity index (χ0n) is 42.6. The summed E-state index contributed by atoms with van der Waals surface area (Å²) in [6.07, 6.45) is 0. The Morgan fingerprint density at radius 1 is 0.243 bits per heavy atom. The molecule has 1 aliphatic rings. The third-order valence-corrected chi connectivity index (χ3v) is 22.5. The van der Waals surface area contributed by atoms with Gasteiger partial charge in [0.1, 0.15) is 0 Å². The molecule has 0 amide bonds. The topological polar surface area (TPSA) is 0 Å². The van der Waals surface area contributed by atoms with E-state index in [2.05, 4.69) is 269 Å². The van der Waals surface area contributed by atoms with E-state index in [1.807, 2.05) is 0 Å². The molecule has 344 valence electrons. The van der Waals surface area contributed by atoms with Crippen molar-refractivity contribution in [3.8, 4) is 66.8 Å². The van der Waals surface area contributed by atoms with E-state index < -0.39 is 8.07 Å². The molecule has 0 atom stereocenters. The molecule has 0 bridgehead atoms. The normalized spacial score (nSPS) is 13.1. The van der Waals surface area contributed by atoms with E-state index >= 15 is 0 Å². The number of benzene rings is 9.